The molecule has 0 saturated heterocycles. The van der Waals surface area contributed by atoms with Crippen molar-refractivity contribution in [3.63, 3.8) is 0 Å². The predicted molar refractivity (Wildman–Crippen MR) is 82.9 cm³/mol. The van der Waals surface area contributed by atoms with Crippen LogP contribution in [-0.2, 0) is 13.5 Å². The predicted octanol–water partition coefficient (Wildman–Crippen LogP) is 3.76. The molecule has 20 heavy (non-hydrogen) atoms. The Kier molecular flexibility index (Phi) is 3.40. The van der Waals surface area contributed by atoms with Crippen LogP contribution in [0.3, 0.4) is 0 Å². The number of imidazole rings is 1. The molecule has 0 radical (unpaired) electrons. The van der Waals surface area contributed by atoms with E-state index in [4.69, 9.17) is 0 Å². The number of carbonyl (C=O) groups excluding carboxylic acids is 1. The van der Waals surface area contributed by atoms with Gasteiger partial charge in [0.15, 0.2) is 5.78 Å². The van der Waals surface area contributed by atoms with E-state index in [1.165, 1.54) is 0 Å². The van der Waals surface area contributed by atoms with E-state index in [0.29, 0.717) is 6.42 Å². The minimum atomic E-state index is 0.0871. The van der Waals surface area contributed by atoms with E-state index < -0.39 is 0 Å². The number of aryl methyl sites for hydroxylation is 1. The molecule has 0 fully saturated rings. The largest absolute Gasteiger partial charge is 0.338 e. The van der Waals surface area contributed by atoms with E-state index in [9.17, 15) is 4.79 Å². The van der Waals surface area contributed by atoms with Crippen LogP contribution in [0.1, 0.15) is 16.2 Å². The Balaban J connectivity index is 1.92. The number of carbonyl (C=O) groups is 1. The lowest BCUT2D eigenvalue weighted by Gasteiger charge is -2.04. The van der Waals surface area contributed by atoms with Gasteiger partial charge in [-0.2, -0.15) is 0 Å². The summed E-state index contributed by atoms with van der Waals surface area (Å²) in [6.07, 6.45) is 3.88. The molecule has 4 heteroatoms. The lowest BCUT2D eigenvalue weighted by atomic mass is 10.0. The Bertz CT molecular complexity index is 792. The molecule has 100 valence electrons. The van der Waals surface area contributed by atoms with Gasteiger partial charge >= 0.3 is 0 Å². The fraction of sp³-hybridized carbons (Fsp3) is 0.125. The zero-order valence-corrected chi connectivity index (χ0v) is 12.6. The molecule has 0 bridgehead atoms. The van der Waals surface area contributed by atoms with Gasteiger partial charge in [-0.05, 0) is 29.0 Å². The Morgan fingerprint density at radius 1 is 1.20 bits per heavy atom. The highest BCUT2D eigenvalue weighted by molar-refractivity contribution is 9.10. The van der Waals surface area contributed by atoms with Crippen molar-refractivity contribution in [2.45, 2.75) is 6.42 Å². The normalized spacial score (nSPS) is 10.9. The van der Waals surface area contributed by atoms with Crippen LogP contribution in [0.5, 0.6) is 0 Å². The molecule has 0 unspecified atom stereocenters. The number of halogens is 1. The number of rotatable bonds is 3. The first-order chi connectivity index (χ1) is 9.63. The van der Waals surface area contributed by atoms with Crippen LogP contribution < -0.4 is 0 Å². The van der Waals surface area contributed by atoms with E-state index in [0.717, 1.165) is 26.6 Å². The van der Waals surface area contributed by atoms with Gasteiger partial charge in [-0.3, -0.25) is 4.79 Å². The zero-order chi connectivity index (χ0) is 14.1. The number of benzene rings is 2. The van der Waals surface area contributed by atoms with Crippen molar-refractivity contribution in [1.29, 1.82) is 0 Å². The molecule has 0 atom stereocenters. The molecule has 0 aliphatic carbocycles. The summed E-state index contributed by atoms with van der Waals surface area (Å²) in [5.41, 5.74) is 0.725. The fourth-order valence-electron chi connectivity index (χ4n) is 2.20. The Hall–Kier alpha value is -1.94. The quantitative estimate of drug-likeness (QED) is 0.686. The second-order valence-electron chi connectivity index (χ2n) is 4.76. The molecule has 0 N–H and O–H groups in total. The number of fused-ring (bicyclic) bond motifs is 1. The number of Topliss-reactive ketones (excluding diaryl/α,β-unsaturated/α-hetero) is 1. The molecule has 1 aromatic heterocycles. The van der Waals surface area contributed by atoms with Gasteiger partial charge in [0.2, 0.25) is 0 Å². The number of ketones is 1. The molecule has 0 amide bonds. The van der Waals surface area contributed by atoms with Gasteiger partial charge in [-0.15, -0.1) is 0 Å². The lowest BCUT2D eigenvalue weighted by molar-refractivity contribution is 0.0990. The standard InChI is InChI=1S/C16H13BrN2O/c1-19-7-6-18-16(19)10-15(20)13-3-2-12-9-14(17)5-4-11(12)8-13/h2-9H,10H2,1H3. The molecule has 2 aromatic carbocycles. The third kappa shape index (κ3) is 2.51. The van der Waals surface area contributed by atoms with Crippen LogP contribution >= 0.6 is 15.9 Å². The number of hydrogen-bond donors (Lipinski definition) is 0. The van der Waals surface area contributed by atoms with E-state index in [-0.39, 0.29) is 5.78 Å². The molecule has 0 spiro atoms. The molecular formula is C16H13BrN2O. The third-order valence-corrected chi connectivity index (χ3v) is 3.86. The van der Waals surface area contributed by atoms with Gasteiger partial charge in [-0.25, -0.2) is 4.98 Å². The average molecular weight is 329 g/mol. The van der Waals surface area contributed by atoms with E-state index in [1.54, 1.807) is 6.20 Å². The van der Waals surface area contributed by atoms with Crippen LogP contribution in [0.2, 0.25) is 0 Å². The van der Waals surface area contributed by atoms with Gasteiger partial charge in [0.1, 0.15) is 5.82 Å². The number of nitrogens with zero attached hydrogens (tertiary/aromatic N) is 2. The second-order valence-corrected chi connectivity index (χ2v) is 5.68. The first-order valence-corrected chi connectivity index (χ1v) is 7.11. The van der Waals surface area contributed by atoms with Gasteiger partial charge in [0.05, 0.1) is 6.42 Å². The Morgan fingerprint density at radius 2 is 1.95 bits per heavy atom. The number of hydrogen-bond acceptors (Lipinski definition) is 2. The summed E-state index contributed by atoms with van der Waals surface area (Å²) in [7, 11) is 1.90. The maximum atomic E-state index is 12.3. The second kappa shape index (κ2) is 5.21. The van der Waals surface area contributed by atoms with Crippen molar-refractivity contribution >= 4 is 32.5 Å². The third-order valence-electron chi connectivity index (χ3n) is 3.36. The first-order valence-electron chi connectivity index (χ1n) is 6.32. The lowest BCUT2D eigenvalue weighted by Crippen LogP contribution is -2.08. The summed E-state index contributed by atoms with van der Waals surface area (Å²) in [6.45, 7) is 0. The SMILES string of the molecule is Cn1ccnc1CC(=O)c1ccc2cc(Br)ccc2c1. The van der Waals surface area contributed by atoms with Crippen molar-refractivity contribution < 1.29 is 4.79 Å². The van der Waals surface area contributed by atoms with Crippen molar-refractivity contribution in [2.75, 3.05) is 0 Å². The average Bonchev–Trinajstić information content (AvgIpc) is 2.83. The maximum absolute atomic E-state index is 12.3. The van der Waals surface area contributed by atoms with Crippen LogP contribution in [0, 0.1) is 0 Å². The highest BCUT2D eigenvalue weighted by Gasteiger charge is 2.10. The molecule has 0 aliphatic rings. The first kappa shape index (κ1) is 13.1. The monoisotopic (exact) mass is 328 g/mol. The zero-order valence-electron chi connectivity index (χ0n) is 11.0. The highest BCUT2D eigenvalue weighted by atomic mass is 79.9. The van der Waals surface area contributed by atoms with E-state index in [1.807, 2.05) is 54.2 Å². The Morgan fingerprint density at radius 3 is 2.70 bits per heavy atom. The summed E-state index contributed by atoms with van der Waals surface area (Å²) in [5, 5.41) is 2.19. The van der Waals surface area contributed by atoms with Crippen molar-refractivity contribution in [3.05, 3.63) is 64.7 Å². The maximum Gasteiger partial charge on any atom is 0.170 e. The fourth-order valence-corrected chi connectivity index (χ4v) is 2.58. The van der Waals surface area contributed by atoms with Crippen molar-refractivity contribution in [3.8, 4) is 0 Å². The van der Waals surface area contributed by atoms with Crippen molar-refractivity contribution in [1.82, 2.24) is 9.55 Å². The van der Waals surface area contributed by atoms with E-state index >= 15 is 0 Å². The molecule has 3 nitrogen and oxygen atoms in total. The van der Waals surface area contributed by atoms with Crippen LogP contribution in [0.4, 0.5) is 0 Å². The van der Waals surface area contributed by atoms with Crippen LogP contribution in [-0.4, -0.2) is 15.3 Å². The summed E-state index contributed by atoms with van der Waals surface area (Å²) in [4.78, 5) is 16.5. The Labute approximate surface area is 125 Å². The molecule has 1 heterocycles. The minimum Gasteiger partial charge on any atom is -0.338 e. The van der Waals surface area contributed by atoms with Crippen LogP contribution in [0.25, 0.3) is 10.8 Å². The van der Waals surface area contributed by atoms with Gasteiger partial charge in [0.25, 0.3) is 0 Å². The smallest absolute Gasteiger partial charge is 0.170 e. The summed E-state index contributed by atoms with van der Waals surface area (Å²) < 4.78 is 2.91. The minimum absolute atomic E-state index is 0.0871. The van der Waals surface area contributed by atoms with Crippen LogP contribution in [0.15, 0.2) is 53.3 Å². The van der Waals surface area contributed by atoms with Gasteiger partial charge in [0, 0.05) is 29.5 Å². The highest BCUT2D eigenvalue weighted by Crippen LogP contribution is 2.21. The molecular weight excluding hydrogens is 316 g/mol. The topological polar surface area (TPSA) is 34.9 Å². The van der Waals surface area contributed by atoms with Gasteiger partial charge < -0.3 is 4.57 Å². The summed E-state index contributed by atoms with van der Waals surface area (Å²) >= 11 is 3.45. The molecule has 0 aliphatic heterocycles. The number of aromatic nitrogens is 2. The van der Waals surface area contributed by atoms with E-state index in [2.05, 4.69) is 20.9 Å². The molecule has 0 saturated carbocycles. The van der Waals surface area contributed by atoms with Crippen molar-refractivity contribution in [2.24, 2.45) is 7.05 Å². The molecule has 3 rings (SSSR count). The van der Waals surface area contributed by atoms with Gasteiger partial charge in [-0.1, -0.05) is 34.1 Å². The summed E-state index contributed by atoms with van der Waals surface area (Å²) in [5.74, 6) is 0.870. The summed E-state index contributed by atoms with van der Waals surface area (Å²) in [6, 6.07) is 11.8. The molecule has 3 aromatic rings.